The molecule has 2 heterocycles. The number of hydroxylamine groups is 1. The number of carboxylic acid groups (broad SMARTS) is 1. The fourth-order valence-electron chi connectivity index (χ4n) is 2.82. The smallest absolute Gasteiger partial charge is 0.335 e. The molecule has 0 fully saturated rings. The van der Waals surface area contributed by atoms with Crippen molar-refractivity contribution < 1.29 is 24.3 Å². The van der Waals surface area contributed by atoms with Gasteiger partial charge in [-0.25, -0.2) is 15.3 Å². The minimum absolute atomic E-state index is 0.00804. The van der Waals surface area contributed by atoms with Gasteiger partial charge in [0, 0.05) is 6.42 Å². The zero-order valence-corrected chi connectivity index (χ0v) is 14.8. The molecule has 27 heavy (non-hydrogen) atoms. The van der Waals surface area contributed by atoms with Crippen LogP contribution in [0.15, 0.2) is 44.7 Å². The SMILES string of the molecule is CC(C)C(c1nc2cc(C(=O)O)ccc2o1)N1C/C(=C/CC(=O)NO)N=N1. The van der Waals surface area contributed by atoms with Crippen LogP contribution in [0.2, 0.25) is 0 Å². The van der Waals surface area contributed by atoms with E-state index in [-0.39, 0.29) is 23.9 Å². The fraction of sp³-hybridized carbons (Fsp3) is 0.353. The zero-order valence-electron chi connectivity index (χ0n) is 14.8. The number of carbonyl (C=O) groups is 2. The van der Waals surface area contributed by atoms with E-state index in [2.05, 4.69) is 15.3 Å². The summed E-state index contributed by atoms with van der Waals surface area (Å²) in [6.45, 7) is 4.33. The van der Waals surface area contributed by atoms with Crippen LogP contribution < -0.4 is 5.48 Å². The molecule has 3 rings (SSSR count). The molecule has 0 saturated carbocycles. The Hall–Kier alpha value is -3.27. The average molecular weight is 373 g/mol. The third-order valence-electron chi connectivity index (χ3n) is 4.12. The first-order chi connectivity index (χ1) is 12.9. The van der Waals surface area contributed by atoms with E-state index in [1.807, 2.05) is 13.8 Å². The molecule has 1 aromatic heterocycles. The second-order valence-corrected chi connectivity index (χ2v) is 6.45. The standard InChI is InChI=1S/C17H19N5O5/c1-9(2)15(22-8-11(19-21-22)4-6-14(23)20-26)16-18-12-7-10(17(24)25)3-5-13(12)27-16/h3-5,7,9,15,26H,6,8H2,1-2H3,(H,20,23)(H,24,25)/b11-4-. The van der Waals surface area contributed by atoms with Crippen molar-refractivity contribution >= 4 is 23.0 Å². The van der Waals surface area contributed by atoms with Crippen LogP contribution in [0.3, 0.4) is 0 Å². The summed E-state index contributed by atoms with van der Waals surface area (Å²) in [5.41, 5.74) is 3.24. The topological polar surface area (TPSA) is 141 Å². The zero-order chi connectivity index (χ0) is 19.6. The molecule has 0 saturated heterocycles. The summed E-state index contributed by atoms with van der Waals surface area (Å²) < 4.78 is 5.83. The van der Waals surface area contributed by atoms with Gasteiger partial charge >= 0.3 is 5.97 Å². The van der Waals surface area contributed by atoms with Crippen LogP contribution in [0.4, 0.5) is 0 Å². The lowest BCUT2D eigenvalue weighted by atomic mass is 10.0. The first kappa shape index (κ1) is 18.5. The van der Waals surface area contributed by atoms with Gasteiger partial charge in [0.2, 0.25) is 11.8 Å². The number of fused-ring (bicyclic) bond motifs is 1. The number of nitrogens with one attached hydrogen (secondary N) is 1. The van der Waals surface area contributed by atoms with Gasteiger partial charge in [0.15, 0.2) is 5.58 Å². The lowest BCUT2D eigenvalue weighted by Gasteiger charge is -2.25. The van der Waals surface area contributed by atoms with Gasteiger partial charge in [0.05, 0.1) is 17.8 Å². The maximum absolute atomic E-state index is 11.1. The van der Waals surface area contributed by atoms with Crippen molar-refractivity contribution in [1.82, 2.24) is 15.5 Å². The summed E-state index contributed by atoms with van der Waals surface area (Å²) >= 11 is 0. The van der Waals surface area contributed by atoms with Crippen LogP contribution in [0.1, 0.15) is 42.6 Å². The van der Waals surface area contributed by atoms with Crippen molar-refractivity contribution in [2.24, 2.45) is 16.3 Å². The van der Waals surface area contributed by atoms with Gasteiger partial charge in [-0.2, -0.15) is 0 Å². The lowest BCUT2D eigenvalue weighted by molar-refractivity contribution is -0.128. The van der Waals surface area contributed by atoms with E-state index in [9.17, 15) is 9.59 Å². The van der Waals surface area contributed by atoms with E-state index in [0.717, 1.165) is 0 Å². The Morgan fingerprint density at radius 3 is 2.85 bits per heavy atom. The Morgan fingerprint density at radius 2 is 2.19 bits per heavy atom. The van der Waals surface area contributed by atoms with Crippen molar-refractivity contribution in [2.45, 2.75) is 26.3 Å². The molecular formula is C17H19N5O5. The molecule has 10 nitrogen and oxygen atoms in total. The van der Waals surface area contributed by atoms with Crippen molar-refractivity contribution in [3.8, 4) is 0 Å². The van der Waals surface area contributed by atoms with Crippen molar-refractivity contribution in [3.63, 3.8) is 0 Å². The van der Waals surface area contributed by atoms with Crippen LogP contribution >= 0.6 is 0 Å². The lowest BCUT2D eigenvalue weighted by Crippen LogP contribution is -2.26. The molecular weight excluding hydrogens is 354 g/mol. The fourth-order valence-corrected chi connectivity index (χ4v) is 2.82. The average Bonchev–Trinajstić information content (AvgIpc) is 3.25. The predicted molar refractivity (Wildman–Crippen MR) is 92.7 cm³/mol. The predicted octanol–water partition coefficient (Wildman–Crippen LogP) is 2.69. The molecule has 3 N–H and O–H groups in total. The third kappa shape index (κ3) is 3.95. The van der Waals surface area contributed by atoms with Gasteiger partial charge in [0.25, 0.3) is 0 Å². The molecule has 1 aromatic carbocycles. The second-order valence-electron chi connectivity index (χ2n) is 6.45. The number of carbonyl (C=O) groups excluding carboxylic acids is 1. The summed E-state index contributed by atoms with van der Waals surface area (Å²) in [5, 5.41) is 27.5. The molecule has 0 radical (unpaired) electrons. The van der Waals surface area contributed by atoms with E-state index in [0.29, 0.717) is 29.2 Å². The number of aromatic nitrogens is 1. The molecule has 0 aliphatic carbocycles. The number of rotatable bonds is 6. The number of hydrogen-bond donors (Lipinski definition) is 3. The highest BCUT2D eigenvalue weighted by atomic mass is 16.5. The minimum atomic E-state index is -1.03. The van der Waals surface area contributed by atoms with Crippen LogP contribution in [0.5, 0.6) is 0 Å². The van der Waals surface area contributed by atoms with Gasteiger partial charge < -0.3 is 9.52 Å². The first-order valence-corrected chi connectivity index (χ1v) is 8.33. The maximum atomic E-state index is 11.1. The molecule has 10 heteroatoms. The Morgan fingerprint density at radius 1 is 1.41 bits per heavy atom. The van der Waals surface area contributed by atoms with Crippen LogP contribution in [0.25, 0.3) is 11.1 Å². The number of nitrogens with zero attached hydrogens (tertiary/aromatic N) is 4. The number of amides is 1. The van der Waals surface area contributed by atoms with Gasteiger partial charge in [-0.3, -0.25) is 15.0 Å². The highest BCUT2D eigenvalue weighted by Crippen LogP contribution is 2.34. The summed E-state index contributed by atoms with van der Waals surface area (Å²) in [5.74, 6) is -1.08. The number of hydrogen-bond acceptors (Lipinski definition) is 8. The molecule has 142 valence electrons. The van der Waals surface area contributed by atoms with E-state index in [1.165, 1.54) is 12.1 Å². The highest BCUT2D eigenvalue weighted by Gasteiger charge is 2.31. The van der Waals surface area contributed by atoms with Crippen molar-refractivity contribution in [3.05, 3.63) is 41.4 Å². The molecule has 1 atom stereocenters. The van der Waals surface area contributed by atoms with Crippen LogP contribution in [-0.2, 0) is 4.79 Å². The quantitative estimate of drug-likeness (QED) is 0.522. The van der Waals surface area contributed by atoms with Crippen molar-refractivity contribution in [2.75, 3.05) is 6.54 Å². The largest absolute Gasteiger partial charge is 0.478 e. The van der Waals surface area contributed by atoms with Gasteiger partial charge in [-0.1, -0.05) is 19.1 Å². The van der Waals surface area contributed by atoms with E-state index >= 15 is 0 Å². The summed E-state index contributed by atoms with van der Waals surface area (Å²) in [7, 11) is 0. The number of carboxylic acids is 1. The second kappa shape index (κ2) is 7.54. The van der Waals surface area contributed by atoms with Crippen molar-refractivity contribution in [1.29, 1.82) is 0 Å². The van der Waals surface area contributed by atoms with Gasteiger partial charge in [0.1, 0.15) is 11.6 Å². The van der Waals surface area contributed by atoms with Gasteiger partial charge in [-0.15, -0.1) is 5.11 Å². The number of benzene rings is 1. The molecule has 0 spiro atoms. The maximum Gasteiger partial charge on any atom is 0.335 e. The molecule has 2 aromatic rings. The Balaban J connectivity index is 1.84. The van der Waals surface area contributed by atoms with E-state index in [4.69, 9.17) is 14.7 Å². The molecule has 0 bridgehead atoms. The first-order valence-electron chi connectivity index (χ1n) is 8.33. The van der Waals surface area contributed by atoms with E-state index in [1.54, 1.807) is 22.6 Å². The molecule has 1 aliphatic heterocycles. The summed E-state index contributed by atoms with van der Waals surface area (Å²) in [4.78, 5) is 26.7. The van der Waals surface area contributed by atoms with Crippen LogP contribution in [0, 0.1) is 5.92 Å². The third-order valence-corrected chi connectivity index (χ3v) is 4.12. The normalized spacial score (nSPS) is 16.4. The Labute approximate surface area is 154 Å². The van der Waals surface area contributed by atoms with Gasteiger partial charge in [-0.05, 0) is 30.2 Å². The molecule has 1 aliphatic rings. The Bertz CT molecular complexity index is 933. The number of oxazole rings is 1. The minimum Gasteiger partial charge on any atom is -0.478 e. The Kier molecular flexibility index (Phi) is 5.17. The molecule has 1 amide bonds. The summed E-state index contributed by atoms with van der Waals surface area (Å²) in [6.07, 6.45) is 1.57. The monoisotopic (exact) mass is 373 g/mol. The number of aromatic carboxylic acids is 1. The van der Waals surface area contributed by atoms with E-state index < -0.39 is 11.9 Å². The van der Waals surface area contributed by atoms with Crippen LogP contribution in [-0.4, -0.2) is 38.7 Å². The molecule has 1 unspecified atom stereocenters. The highest BCUT2D eigenvalue weighted by molar-refractivity contribution is 5.91. The summed E-state index contributed by atoms with van der Waals surface area (Å²) in [6, 6.07) is 4.20.